The Morgan fingerprint density at radius 3 is 0.646 bits per heavy atom. The molecule has 0 bridgehead atoms. The van der Waals surface area contributed by atoms with E-state index in [1.807, 2.05) is 0 Å². The molecule has 0 saturated heterocycles. The van der Waals surface area contributed by atoms with Crippen LogP contribution in [0.5, 0.6) is 0 Å². The van der Waals surface area contributed by atoms with Crippen molar-refractivity contribution < 1.29 is 0 Å². The number of rotatable bonds is 9. The molecule has 0 spiro atoms. The van der Waals surface area contributed by atoms with Gasteiger partial charge in [-0.05, 0) is 86.9 Å². The first-order valence-electron chi connectivity index (χ1n) is 19.4. The SMILES string of the molecule is C/C(=C(/C)C(C)C)C(C)C.C/C(=C(\C)C(C)C)C(C)C.C=C(C(C)C)C(C)(C)C(C)C.C=C(C)C(C)(C)C(C)C.CC(C)C#CC(C)C. The van der Waals surface area contributed by atoms with Crippen LogP contribution in [0, 0.1) is 75.9 Å². The Kier molecular flexibility index (Phi) is 31.8. The second kappa shape index (κ2) is 27.3. The molecule has 0 saturated carbocycles. The highest BCUT2D eigenvalue weighted by Gasteiger charge is 2.27. The fourth-order valence-corrected chi connectivity index (χ4v) is 3.76. The van der Waals surface area contributed by atoms with Crippen molar-refractivity contribution in [2.45, 2.75) is 187 Å². The van der Waals surface area contributed by atoms with Gasteiger partial charge in [-0.15, -0.1) is 11.8 Å². The van der Waals surface area contributed by atoms with Gasteiger partial charge in [-0.3, -0.25) is 0 Å². The van der Waals surface area contributed by atoms with Crippen LogP contribution >= 0.6 is 0 Å². The Hall–Kier alpha value is -1.48. The molecule has 0 aliphatic carbocycles. The molecule has 0 nitrogen and oxygen atoms in total. The first kappa shape index (κ1) is 55.9. The zero-order chi connectivity index (χ0) is 40.1. The van der Waals surface area contributed by atoms with Crippen molar-refractivity contribution >= 4 is 0 Å². The highest BCUT2D eigenvalue weighted by molar-refractivity contribution is 5.14. The van der Waals surface area contributed by atoms with Crippen LogP contribution in [-0.2, 0) is 0 Å². The Labute approximate surface area is 308 Å². The highest BCUT2D eigenvalue weighted by atomic mass is 14.3. The van der Waals surface area contributed by atoms with Gasteiger partial charge in [-0.1, -0.05) is 199 Å². The van der Waals surface area contributed by atoms with Crippen molar-refractivity contribution in [1.82, 2.24) is 0 Å². The van der Waals surface area contributed by atoms with E-state index in [4.69, 9.17) is 0 Å². The van der Waals surface area contributed by atoms with E-state index in [1.165, 1.54) is 11.1 Å². The Morgan fingerprint density at radius 2 is 0.583 bits per heavy atom. The van der Waals surface area contributed by atoms with E-state index in [-0.39, 0.29) is 5.41 Å². The van der Waals surface area contributed by atoms with E-state index in [2.05, 4.69) is 212 Å². The van der Waals surface area contributed by atoms with Gasteiger partial charge < -0.3 is 0 Å². The number of allylic oxidation sites excluding steroid dienone is 6. The molecular formula is C48H94. The van der Waals surface area contributed by atoms with E-state index in [0.29, 0.717) is 58.7 Å². The Balaban J connectivity index is -0.000000161. The molecule has 0 fully saturated rings. The summed E-state index contributed by atoms with van der Waals surface area (Å²) in [7, 11) is 0. The molecule has 0 radical (unpaired) electrons. The molecule has 0 aromatic carbocycles. The van der Waals surface area contributed by atoms with Gasteiger partial charge in [0, 0.05) is 11.8 Å². The fraction of sp³-hybridized carbons (Fsp3) is 0.792. The van der Waals surface area contributed by atoms with E-state index < -0.39 is 0 Å². The van der Waals surface area contributed by atoms with Crippen molar-refractivity contribution in [3.63, 3.8) is 0 Å². The summed E-state index contributed by atoms with van der Waals surface area (Å²) in [5.41, 5.74) is 9.44. The van der Waals surface area contributed by atoms with E-state index in [1.54, 1.807) is 22.3 Å². The van der Waals surface area contributed by atoms with E-state index >= 15 is 0 Å². The van der Waals surface area contributed by atoms with Crippen molar-refractivity contribution in [3.05, 3.63) is 46.6 Å². The molecule has 0 heteroatoms. The first-order valence-corrected chi connectivity index (χ1v) is 19.4. The van der Waals surface area contributed by atoms with E-state index in [0.717, 1.165) is 0 Å². The molecule has 0 N–H and O–H groups in total. The van der Waals surface area contributed by atoms with Crippen LogP contribution in [-0.4, -0.2) is 0 Å². The molecular weight excluding hydrogens is 577 g/mol. The van der Waals surface area contributed by atoms with Gasteiger partial charge in [-0.25, -0.2) is 0 Å². The average molecular weight is 671 g/mol. The minimum Gasteiger partial charge on any atom is -0.100 e. The summed E-state index contributed by atoms with van der Waals surface area (Å²) < 4.78 is 0. The molecule has 0 heterocycles. The lowest BCUT2D eigenvalue weighted by atomic mass is 9.72. The quantitative estimate of drug-likeness (QED) is 0.169. The molecule has 48 heavy (non-hydrogen) atoms. The van der Waals surface area contributed by atoms with Crippen LogP contribution in [0.4, 0.5) is 0 Å². The van der Waals surface area contributed by atoms with Gasteiger partial charge >= 0.3 is 0 Å². The van der Waals surface area contributed by atoms with Crippen LogP contribution < -0.4 is 0 Å². The number of hydrogen-bond donors (Lipinski definition) is 0. The minimum absolute atomic E-state index is 0.286. The standard InChI is InChI=1S/C11H22.2C10H20.C9H18.C8H14/c1-8(2)10(5)11(6,7)9(3)4;2*1-7(2)9(5)10(6)8(3)4;1-7(2)9(5,6)8(3)4;1-7(2)5-6-8(3)4/h8-9H,5H2,1-4,6-7H3;2*7-8H,1-6H3;8H,1H2,2-6H3;7-8H,1-4H3/b;10-9+;10-9-;;. The molecule has 0 atom stereocenters. The topological polar surface area (TPSA) is 0 Å². The second-order valence-electron chi connectivity index (χ2n) is 18.2. The van der Waals surface area contributed by atoms with Gasteiger partial charge in [0.05, 0.1) is 0 Å². The third kappa shape index (κ3) is 27.4. The van der Waals surface area contributed by atoms with Crippen LogP contribution in [0.2, 0.25) is 0 Å². The minimum atomic E-state index is 0.286. The Bertz CT molecular complexity index is 900. The van der Waals surface area contributed by atoms with Gasteiger partial charge in [0.15, 0.2) is 0 Å². The maximum absolute atomic E-state index is 4.15. The third-order valence-electron chi connectivity index (χ3n) is 10.9. The molecule has 0 unspecified atom stereocenters. The summed E-state index contributed by atoms with van der Waals surface area (Å²) in [6, 6.07) is 0. The van der Waals surface area contributed by atoms with Gasteiger partial charge in [0.1, 0.15) is 0 Å². The molecule has 0 aliphatic rings. The largest absolute Gasteiger partial charge is 0.100 e. The van der Waals surface area contributed by atoms with Crippen molar-refractivity contribution in [2.75, 3.05) is 0 Å². The van der Waals surface area contributed by atoms with Gasteiger partial charge in [-0.2, -0.15) is 0 Å². The molecule has 0 aliphatic heterocycles. The highest BCUT2D eigenvalue weighted by Crippen LogP contribution is 2.37. The lowest BCUT2D eigenvalue weighted by molar-refractivity contribution is 0.288. The third-order valence-corrected chi connectivity index (χ3v) is 10.9. The normalized spacial score (nSPS) is 12.8. The monoisotopic (exact) mass is 671 g/mol. The summed E-state index contributed by atoms with van der Waals surface area (Å²) in [5.74, 6) is 12.1. The number of hydrogen-bond acceptors (Lipinski definition) is 0. The van der Waals surface area contributed by atoms with Crippen molar-refractivity contribution in [3.8, 4) is 11.8 Å². The zero-order valence-corrected chi connectivity index (χ0v) is 38.6. The predicted octanol–water partition coefficient (Wildman–Crippen LogP) is 16.7. The molecule has 0 amide bonds. The van der Waals surface area contributed by atoms with Crippen molar-refractivity contribution in [1.29, 1.82) is 0 Å². The van der Waals surface area contributed by atoms with Crippen LogP contribution in [0.3, 0.4) is 0 Å². The summed E-state index contributed by atoms with van der Waals surface area (Å²) in [5, 5.41) is 0. The summed E-state index contributed by atoms with van der Waals surface area (Å²) in [6.07, 6.45) is 0. The lowest BCUT2D eigenvalue weighted by Gasteiger charge is -2.34. The van der Waals surface area contributed by atoms with Gasteiger partial charge in [0.2, 0.25) is 0 Å². The average Bonchev–Trinajstić information content (AvgIpc) is 2.94. The molecule has 286 valence electrons. The summed E-state index contributed by atoms with van der Waals surface area (Å²) >= 11 is 0. The zero-order valence-electron chi connectivity index (χ0n) is 38.6. The summed E-state index contributed by atoms with van der Waals surface area (Å²) in [6.45, 7) is 68.0. The van der Waals surface area contributed by atoms with Crippen LogP contribution in [0.1, 0.15) is 187 Å². The van der Waals surface area contributed by atoms with Crippen LogP contribution in [0.25, 0.3) is 0 Å². The Morgan fingerprint density at radius 1 is 0.375 bits per heavy atom. The smallest absolute Gasteiger partial charge is 0.0146 e. The molecule has 0 aromatic rings. The maximum atomic E-state index is 4.15. The lowest BCUT2D eigenvalue weighted by Crippen LogP contribution is -2.24. The van der Waals surface area contributed by atoms with Gasteiger partial charge in [0.25, 0.3) is 0 Å². The maximum Gasteiger partial charge on any atom is 0.0146 e. The predicted molar refractivity (Wildman–Crippen MR) is 230 cm³/mol. The molecule has 0 aromatic heterocycles. The molecule has 0 rings (SSSR count). The van der Waals surface area contributed by atoms with Crippen molar-refractivity contribution in [2.24, 2.45) is 64.1 Å². The first-order chi connectivity index (χ1) is 21.2. The van der Waals surface area contributed by atoms with Crippen LogP contribution in [0.15, 0.2) is 46.6 Å². The van der Waals surface area contributed by atoms with E-state index in [9.17, 15) is 0 Å². The fourth-order valence-electron chi connectivity index (χ4n) is 3.76. The summed E-state index contributed by atoms with van der Waals surface area (Å²) in [4.78, 5) is 0. The second-order valence-corrected chi connectivity index (χ2v) is 18.2.